The predicted molar refractivity (Wildman–Crippen MR) is 115 cm³/mol. The first-order valence-corrected chi connectivity index (χ1v) is 9.95. The fourth-order valence-electron chi connectivity index (χ4n) is 3.17. The third-order valence-electron chi connectivity index (χ3n) is 4.90. The number of carbonyl (C=O) groups excluding carboxylic acids is 1. The van der Waals surface area contributed by atoms with Gasteiger partial charge < -0.3 is 19.7 Å². The number of phenols is 1. The molecule has 0 saturated heterocycles. The van der Waals surface area contributed by atoms with Gasteiger partial charge in [-0.15, -0.1) is 0 Å². The molecule has 0 heterocycles. The molecule has 2 N–H and O–H groups in total. The number of aryl methyl sites for hydroxylation is 2. The first kappa shape index (κ1) is 23.1. The lowest BCUT2D eigenvalue weighted by molar-refractivity contribution is -0.135. The van der Waals surface area contributed by atoms with Gasteiger partial charge in [0.25, 0.3) is 0 Å². The van der Waals surface area contributed by atoms with Gasteiger partial charge in [-0.25, -0.2) is 4.79 Å². The van der Waals surface area contributed by atoms with E-state index in [0.717, 1.165) is 28.0 Å². The first-order valence-electron chi connectivity index (χ1n) is 9.95. The second kappa shape index (κ2) is 10.0. The number of carboxylic acids is 1. The highest BCUT2D eigenvalue weighted by Crippen LogP contribution is 2.36. The SMILES string of the molecule is CCOC(=O)N(CC(=O)O)c1cc(C)c(Oc2ccc(O)c(C(C)CC)c2)c(C)c1. The average molecular weight is 415 g/mol. The summed E-state index contributed by atoms with van der Waals surface area (Å²) in [7, 11) is 0. The molecule has 0 fully saturated rings. The van der Waals surface area contributed by atoms with Crippen molar-refractivity contribution in [1.82, 2.24) is 0 Å². The summed E-state index contributed by atoms with van der Waals surface area (Å²) >= 11 is 0. The lowest BCUT2D eigenvalue weighted by Gasteiger charge is -2.22. The Bertz CT molecular complexity index is 901. The van der Waals surface area contributed by atoms with E-state index in [0.29, 0.717) is 17.2 Å². The molecule has 30 heavy (non-hydrogen) atoms. The van der Waals surface area contributed by atoms with Crippen molar-refractivity contribution in [2.45, 2.75) is 47.0 Å². The molecule has 0 aliphatic heterocycles. The maximum atomic E-state index is 12.2. The zero-order chi connectivity index (χ0) is 22.4. The molecule has 2 aromatic carbocycles. The molecule has 0 saturated carbocycles. The van der Waals surface area contributed by atoms with Crippen LogP contribution in [0.15, 0.2) is 30.3 Å². The van der Waals surface area contributed by atoms with Crippen LogP contribution in [0.4, 0.5) is 10.5 Å². The smallest absolute Gasteiger partial charge is 0.414 e. The van der Waals surface area contributed by atoms with Gasteiger partial charge in [0.2, 0.25) is 0 Å². The summed E-state index contributed by atoms with van der Waals surface area (Å²) in [4.78, 5) is 24.5. The quantitative estimate of drug-likeness (QED) is 0.602. The van der Waals surface area contributed by atoms with Crippen molar-refractivity contribution in [2.24, 2.45) is 0 Å². The Kier molecular flexibility index (Phi) is 7.69. The molecule has 0 spiro atoms. The number of carboxylic acid groups (broad SMARTS) is 1. The number of aromatic hydroxyl groups is 1. The van der Waals surface area contributed by atoms with E-state index in [-0.39, 0.29) is 18.3 Å². The number of hydrogen-bond acceptors (Lipinski definition) is 5. The number of anilines is 1. The summed E-state index contributed by atoms with van der Waals surface area (Å²) < 4.78 is 11.1. The third kappa shape index (κ3) is 5.43. The van der Waals surface area contributed by atoms with Gasteiger partial charge in [-0.2, -0.15) is 0 Å². The fourth-order valence-corrected chi connectivity index (χ4v) is 3.17. The van der Waals surface area contributed by atoms with E-state index < -0.39 is 18.6 Å². The van der Waals surface area contributed by atoms with Crippen LogP contribution in [-0.2, 0) is 9.53 Å². The van der Waals surface area contributed by atoms with Crippen LogP contribution >= 0.6 is 0 Å². The summed E-state index contributed by atoms with van der Waals surface area (Å²) in [5.74, 6) is 0.486. The normalized spacial score (nSPS) is 11.6. The summed E-state index contributed by atoms with van der Waals surface area (Å²) in [5, 5.41) is 19.3. The zero-order valence-corrected chi connectivity index (χ0v) is 18.1. The van der Waals surface area contributed by atoms with Crippen LogP contribution in [0.3, 0.4) is 0 Å². The van der Waals surface area contributed by atoms with Crippen molar-refractivity contribution in [3.05, 3.63) is 47.0 Å². The van der Waals surface area contributed by atoms with Gasteiger partial charge in [0.05, 0.1) is 6.61 Å². The highest BCUT2D eigenvalue weighted by Gasteiger charge is 2.22. The fraction of sp³-hybridized carbons (Fsp3) is 0.391. The molecular formula is C23H29NO6. The monoisotopic (exact) mass is 415 g/mol. The molecule has 0 aromatic heterocycles. The van der Waals surface area contributed by atoms with E-state index in [4.69, 9.17) is 14.6 Å². The van der Waals surface area contributed by atoms with Gasteiger partial charge in [0.15, 0.2) is 0 Å². The summed E-state index contributed by atoms with van der Waals surface area (Å²) in [6.07, 6.45) is 0.168. The third-order valence-corrected chi connectivity index (χ3v) is 4.90. The van der Waals surface area contributed by atoms with Crippen LogP contribution in [-0.4, -0.2) is 35.4 Å². The molecule has 2 aromatic rings. The summed E-state index contributed by atoms with van der Waals surface area (Å²) in [6, 6.07) is 8.52. The van der Waals surface area contributed by atoms with Crippen molar-refractivity contribution in [3.8, 4) is 17.2 Å². The summed E-state index contributed by atoms with van der Waals surface area (Å²) in [6.45, 7) is 9.04. The molecule has 0 aliphatic rings. The highest BCUT2D eigenvalue weighted by molar-refractivity contribution is 5.93. The van der Waals surface area contributed by atoms with Gasteiger partial charge in [0.1, 0.15) is 23.8 Å². The summed E-state index contributed by atoms with van der Waals surface area (Å²) in [5.41, 5.74) is 2.71. The zero-order valence-electron chi connectivity index (χ0n) is 18.1. The minimum absolute atomic E-state index is 0.146. The predicted octanol–water partition coefficient (Wildman–Crippen LogP) is 5.36. The van der Waals surface area contributed by atoms with E-state index in [1.165, 1.54) is 0 Å². The van der Waals surface area contributed by atoms with Crippen LogP contribution < -0.4 is 9.64 Å². The van der Waals surface area contributed by atoms with E-state index in [1.54, 1.807) is 31.2 Å². The molecule has 0 radical (unpaired) electrons. The Labute approximate surface area is 176 Å². The Balaban J connectivity index is 2.38. The van der Waals surface area contributed by atoms with E-state index in [9.17, 15) is 14.7 Å². The standard InChI is InChI=1S/C23H29NO6/c1-6-14(3)19-12-18(8-9-20(19)25)30-22-15(4)10-17(11-16(22)5)24(13-21(26)27)23(28)29-7-2/h8-12,14,25H,6-7,13H2,1-5H3,(H,26,27). The lowest BCUT2D eigenvalue weighted by Crippen LogP contribution is -2.36. The van der Waals surface area contributed by atoms with Gasteiger partial charge >= 0.3 is 12.1 Å². The Morgan fingerprint density at radius 3 is 2.27 bits per heavy atom. The van der Waals surface area contributed by atoms with E-state index >= 15 is 0 Å². The number of carbonyl (C=O) groups is 2. The number of benzene rings is 2. The molecule has 7 heteroatoms. The molecule has 162 valence electrons. The molecule has 7 nitrogen and oxygen atoms in total. The van der Waals surface area contributed by atoms with Crippen LogP contribution in [0, 0.1) is 13.8 Å². The largest absolute Gasteiger partial charge is 0.508 e. The first-order chi connectivity index (χ1) is 14.2. The minimum Gasteiger partial charge on any atom is -0.508 e. The maximum absolute atomic E-state index is 12.2. The second-order valence-electron chi connectivity index (χ2n) is 7.22. The highest BCUT2D eigenvalue weighted by atomic mass is 16.6. The number of phenolic OH excluding ortho intramolecular Hbond substituents is 1. The van der Waals surface area contributed by atoms with Crippen LogP contribution in [0.2, 0.25) is 0 Å². The van der Waals surface area contributed by atoms with Crippen molar-refractivity contribution < 1.29 is 29.3 Å². The van der Waals surface area contributed by atoms with Crippen molar-refractivity contribution in [1.29, 1.82) is 0 Å². The number of nitrogens with zero attached hydrogens (tertiary/aromatic N) is 1. The Morgan fingerprint density at radius 2 is 1.73 bits per heavy atom. The van der Waals surface area contributed by atoms with Crippen LogP contribution in [0.5, 0.6) is 17.2 Å². The van der Waals surface area contributed by atoms with Crippen molar-refractivity contribution >= 4 is 17.7 Å². The van der Waals surface area contributed by atoms with Gasteiger partial charge in [-0.3, -0.25) is 9.69 Å². The number of amides is 1. The molecule has 1 amide bonds. The number of hydrogen-bond donors (Lipinski definition) is 2. The van der Waals surface area contributed by atoms with Crippen molar-refractivity contribution in [3.63, 3.8) is 0 Å². The average Bonchev–Trinajstić information content (AvgIpc) is 2.69. The molecule has 0 aliphatic carbocycles. The van der Waals surface area contributed by atoms with Crippen LogP contribution in [0.1, 0.15) is 49.8 Å². The van der Waals surface area contributed by atoms with E-state index in [2.05, 4.69) is 6.92 Å². The molecular weight excluding hydrogens is 386 g/mol. The number of ether oxygens (including phenoxy) is 2. The molecule has 0 bridgehead atoms. The van der Waals surface area contributed by atoms with E-state index in [1.807, 2.05) is 26.8 Å². The molecule has 1 atom stereocenters. The topological polar surface area (TPSA) is 96.3 Å². The Hall–Kier alpha value is -3.22. The van der Waals surface area contributed by atoms with Crippen LogP contribution in [0.25, 0.3) is 0 Å². The number of rotatable bonds is 8. The van der Waals surface area contributed by atoms with Gasteiger partial charge in [0, 0.05) is 11.3 Å². The minimum atomic E-state index is -1.14. The molecule has 1 unspecified atom stereocenters. The Morgan fingerprint density at radius 1 is 1.10 bits per heavy atom. The van der Waals surface area contributed by atoms with Crippen molar-refractivity contribution in [2.75, 3.05) is 18.1 Å². The molecule has 2 rings (SSSR count). The van der Waals surface area contributed by atoms with Gasteiger partial charge in [-0.05, 0) is 74.6 Å². The maximum Gasteiger partial charge on any atom is 0.414 e. The second-order valence-corrected chi connectivity index (χ2v) is 7.22. The lowest BCUT2D eigenvalue weighted by atomic mass is 9.97. The van der Waals surface area contributed by atoms with Gasteiger partial charge in [-0.1, -0.05) is 13.8 Å². The number of aliphatic carboxylic acids is 1.